The number of benzene rings is 1. The number of para-hydroxylation sites is 1. The van der Waals surface area contributed by atoms with Crippen molar-refractivity contribution in [3.8, 4) is 0 Å². The molecule has 3 aromatic rings. The van der Waals surface area contributed by atoms with E-state index in [0.29, 0.717) is 18.8 Å². The van der Waals surface area contributed by atoms with Crippen LogP contribution in [0.5, 0.6) is 0 Å². The molecule has 0 unspecified atom stereocenters. The molecule has 0 aliphatic carbocycles. The van der Waals surface area contributed by atoms with E-state index in [1.54, 1.807) is 6.92 Å². The maximum absolute atomic E-state index is 12.0. The zero-order valence-corrected chi connectivity index (χ0v) is 12.1. The number of aryl methyl sites for hydroxylation is 1. The average Bonchev–Trinajstić information content (AvgIpc) is 2.90. The molecule has 0 saturated carbocycles. The first kappa shape index (κ1) is 14.1. The van der Waals surface area contributed by atoms with Crippen molar-refractivity contribution in [3.05, 3.63) is 64.0 Å². The van der Waals surface area contributed by atoms with Gasteiger partial charge in [-0.05, 0) is 25.0 Å². The molecule has 3 N–H and O–H groups in total. The van der Waals surface area contributed by atoms with Crippen molar-refractivity contribution in [2.24, 2.45) is 0 Å². The Kier molecular flexibility index (Phi) is 3.74. The van der Waals surface area contributed by atoms with E-state index in [0.717, 1.165) is 16.5 Å². The van der Waals surface area contributed by atoms with Gasteiger partial charge >= 0.3 is 0 Å². The van der Waals surface area contributed by atoms with Gasteiger partial charge in [0.1, 0.15) is 11.4 Å². The smallest absolute Gasteiger partial charge is 0.263 e. The Morgan fingerprint density at radius 3 is 2.95 bits per heavy atom. The number of rotatable bonds is 4. The lowest BCUT2D eigenvalue weighted by molar-refractivity contribution is 0.0952. The Morgan fingerprint density at radius 2 is 2.14 bits per heavy atom. The van der Waals surface area contributed by atoms with E-state index < -0.39 is 11.5 Å². The van der Waals surface area contributed by atoms with Crippen molar-refractivity contribution in [3.63, 3.8) is 0 Å². The molecule has 0 fully saturated rings. The van der Waals surface area contributed by atoms with E-state index in [1.807, 2.05) is 30.5 Å². The fourth-order valence-electron chi connectivity index (χ4n) is 2.39. The summed E-state index contributed by atoms with van der Waals surface area (Å²) in [5.41, 5.74) is 1.82. The molecule has 0 bridgehead atoms. The first-order valence-corrected chi connectivity index (χ1v) is 7.04. The van der Waals surface area contributed by atoms with E-state index in [-0.39, 0.29) is 5.56 Å². The number of carbonyl (C=O) groups is 1. The molecule has 0 atom stereocenters. The lowest BCUT2D eigenvalue weighted by Crippen LogP contribution is -2.31. The number of hydrogen-bond acceptors (Lipinski definition) is 3. The van der Waals surface area contributed by atoms with Gasteiger partial charge in [0.05, 0.1) is 0 Å². The number of hydrogen-bond donors (Lipinski definition) is 3. The zero-order valence-electron chi connectivity index (χ0n) is 12.1. The molecule has 22 heavy (non-hydrogen) atoms. The van der Waals surface area contributed by atoms with Crippen LogP contribution in [0.15, 0.2) is 41.5 Å². The van der Waals surface area contributed by atoms with Crippen molar-refractivity contribution in [2.75, 3.05) is 6.54 Å². The Hall–Kier alpha value is -2.89. The van der Waals surface area contributed by atoms with E-state index in [9.17, 15) is 9.59 Å². The molecule has 0 aliphatic rings. The summed E-state index contributed by atoms with van der Waals surface area (Å²) in [4.78, 5) is 33.3. The molecule has 6 nitrogen and oxygen atoms in total. The summed E-state index contributed by atoms with van der Waals surface area (Å²) in [5, 5.41) is 3.89. The van der Waals surface area contributed by atoms with Crippen molar-refractivity contribution >= 4 is 16.8 Å². The quantitative estimate of drug-likeness (QED) is 0.682. The molecule has 3 rings (SSSR count). The highest BCUT2D eigenvalue weighted by Crippen LogP contribution is 2.17. The van der Waals surface area contributed by atoms with Gasteiger partial charge in [-0.15, -0.1) is 0 Å². The van der Waals surface area contributed by atoms with Crippen LogP contribution in [-0.4, -0.2) is 27.4 Å². The number of aromatic nitrogens is 3. The normalized spacial score (nSPS) is 10.8. The maximum atomic E-state index is 12.0. The van der Waals surface area contributed by atoms with Crippen LogP contribution in [0.4, 0.5) is 0 Å². The second kappa shape index (κ2) is 5.85. The number of aromatic amines is 2. The van der Waals surface area contributed by atoms with Crippen LogP contribution in [0.25, 0.3) is 10.9 Å². The third-order valence-corrected chi connectivity index (χ3v) is 3.53. The fourth-order valence-corrected chi connectivity index (χ4v) is 2.39. The minimum absolute atomic E-state index is 0.0320. The lowest BCUT2D eigenvalue weighted by Gasteiger charge is -2.04. The topological polar surface area (TPSA) is 90.6 Å². The summed E-state index contributed by atoms with van der Waals surface area (Å²) in [6, 6.07) is 8.00. The van der Waals surface area contributed by atoms with Gasteiger partial charge in [0, 0.05) is 29.8 Å². The molecule has 1 amide bonds. The predicted molar refractivity (Wildman–Crippen MR) is 83.9 cm³/mol. The molecule has 2 aromatic heterocycles. The van der Waals surface area contributed by atoms with Crippen LogP contribution < -0.4 is 10.9 Å². The molecule has 112 valence electrons. The third kappa shape index (κ3) is 2.76. The minimum Gasteiger partial charge on any atom is -0.361 e. The molecule has 0 spiro atoms. The van der Waals surface area contributed by atoms with Gasteiger partial charge in [-0.1, -0.05) is 18.2 Å². The monoisotopic (exact) mass is 296 g/mol. The number of carbonyl (C=O) groups excluding carboxylic acids is 1. The van der Waals surface area contributed by atoms with Crippen LogP contribution in [0, 0.1) is 6.92 Å². The van der Waals surface area contributed by atoms with E-state index >= 15 is 0 Å². The molecular weight excluding hydrogens is 280 g/mol. The van der Waals surface area contributed by atoms with Crippen LogP contribution in [0.1, 0.15) is 21.7 Å². The Morgan fingerprint density at radius 1 is 1.32 bits per heavy atom. The summed E-state index contributed by atoms with van der Waals surface area (Å²) in [6.07, 6.45) is 3.93. The summed E-state index contributed by atoms with van der Waals surface area (Å²) in [5.74, 6) is 0.0777. The number of nitrogens with zero attached hydrogens (tertiary/aromatic N) is 1. The van der Waals surface area contributed by atoms with Gasteiger partial charge < -0.3 is 15.3 Å². The molecule has 0 radical (unpaired) electrons. The van der Waals surface area contributed by atoms with Gasteiger partial charge in [0.25, 0.3) is 11.5 Å². The molecule has 1 aromatic carbocycles. The molecule has 0 aliphatic heterocycles. The Balaban J connectivity index is 1.65. The SMILES string of the molecule is Cc1ncc(C(=O)NCCc2c[nH]c3ccccc23)c(=O)[nH]1. The second-order valence-corrected chi connectivity index (χ2v) is 5.08. The molecule has 6 heteroatoms. The molecule has 0 saturated heterocycles. The summed E-state index contributed by atoms with van der Waals surface area (Å²) < 4.78 is 0. The van der Waals surface area contributed by atoms with Crippen molar-refractivity contribution < 1.29 is 4.79 Å². The van der Waals surface area contributed by atoms with E-state index in [2.05, 4.69) is 20.3 Å². The summed E-state index contributed by atoms with van der Waals surface area (Å²) in [6.45, 7) is 2.12. The highest BCUT2D eigenvalue weighted by molar-refractivity contribution is 5.93. The lowest BCUT2D eigenvalue weighted by atomic mass is 10.1. The van der Waals surface area contributed by atoms with Crippen LogP contribution in [-0.2, 0) is 6.42 Å². The average molecular weight is 296 g/mol. The first-order valence-electron chi connectivity index (χ1n) is 7.04. The van der Waals surface area contributed by atoms with E-state index in [1.165, 1.54) is 6.20 Å². The number of nitrogens with one attached hydrogen (secondary N) is 3. The van der Waals surface area contributed by atoms with Gasteiger partial charge in [0.2, 0.25) is 0 Å². The number of H-pyrrole nitrogens is 2. The largest absolute Gasteiger partial charge is 0.361 e. The Labute approximate surface area is 126 Å². The van der Waals surface area contributed by atoms with Crippen molar-refractivity contribution in [1.29, 1.82) is 0 Å². The maximum Gasteiger partial charge on any atom is 0.263 e. The van der Waals surface area contributed by atoms with Gasteiger partial charge in [0.15, 0.2) is 0 Å². The highest BCUT2D eigenvalue weighted by Gasteiger charge is 2.11. The standard InChI is InChI=1S/C16H16N4O2/c1-10-18-9-13(16(22)20-10)15(21)17-7-6-11-8-19-14-5-3-2-4-12(11)14/h2-5,8-9,19H,6-7H2,1H3,(H,17,21)(H,18,20,22). The first-order chi connectivity index (χ1) is 10.6. The third-order valence-electron chi connectivity index (χ3n) is 3.53. The molecular formula is C16H16N4O2. The van der Waals surface area contributed by atoms with Crippen LogP contribution >= 0.6 is 0 Å². The summed E-state index contributed by atoms with van der Waals surface area (Å²) >= 11 is 0. The number of amides is 1. The minimum atomic E-state index is -0.419. The number of fused-ring (bicyclic) bond motifs is 1. The summed E-state index contributed by atoms with van der Waals surface area (Å²) in [7, 11) is 0. The highest BCUT2D eigenvalue weighted by atomic mass is 16.2. The molecule has 2 heterocycles. The van der Waals surface area contributed by atoms with Crippen LogP contribution in [0.2, 0.25) is 0 Å². The predicted octanol–water partition coefficient (Wildman–Crippen LogP) is 1.53. The van der Waals surface area contributed by atoms with E-state index in [4.69, 9.17) is 0 Å². The second-order valence-electron chi connectivity index (χ2n) is 5.08. The van der Waals surface area contributed by atoms with Gasteiger partial charge in [-0.25, -0.2) is 4.98 Å². The van der Waals surface area contributed by atoms with Crippen LogP contribution in [0.3, 0.4) is 0 Å². The van der Waals surface area contributed by atoms with Gasteiger partial charge in [-0.3, -0.25) is 9.59 Å². The zero-order chi connectivity index (χ0) is 15.5. The fraction of sp³-hybridized carbons (Fsp3) is 0.188. The van der Waals surface area contributed by atoms with Gasteiger partial charge in [-0.2, -0.15) is 0 Å². The van der Waals surface area contributed by atoms with Crippen molar-refractivity contribution in [1.82, 2.24) is 20.3 Å². The van der Waals surface area contributed by atoms with Crippen molar-refractivity contribution in [2.45, 2.75) is 13.3 Å². The Bertz CT molecular complexity index is 879.